The Balaban J connectivity index is 0. The van der Waals surface area contributed by atoms with Gasteiger partial charge < -0.3 is 25.2 Å². The zero-order valence-electron chi connectivity index (χ0n) is 9.43. The normalized spacial score (nSPS) is 11.8. The Morgan fingerprint density at radius 1 is 1.07 bits per heavy atom. The Labute approximate surface area is 91.3 Å². The average Bonchev–Trinajstić information content (AvgIpc) is 2.27. The molecule has 0 aromatic heterocycles. The van der Waals surface area contributed by atoms with E-state index in [1.54, 1.807) is 0 Å². The predicted octanol–water partition coefficient (Wildman–Crippen LogP) is -0.483. The standard InChI is InChI=1S/C6H14O3.C4H10O2/c7-4-2-1-3-6(9)5-8;1-2-6-4-3-5/h6-9H,1-5H2;5H,2-4H2,1H3. The maximum atomic E-state index is 8.75. The molecule has 15 heavy (non-hydrogen) atoms. The fraction of sp³-hybridized carbons (Fsp3) is 1.00. The zero-order valence-corrected chi connectivity index (χ0v) is 9.43. The Morgan fingerprint density at radius 3 is 2.07 bits per heavy atom. The van der Waals surface area contributed by atoms with Gasteiger partial charge in [-0.1, -0.05) is 0 Å². The van der Waals surface area contributed by atoms with E-state index in [2.05, 4.69) is 0 Å². The molecule has 0 radical (unpaired) electrons. The highest BCUT2D eigenvalue weighted by Crippen LogP contribution is 1.98. The van der Waals surface area contributed by atoms with Crippen molar-refractivity contribution in [2.75, 3.05) is 33.0 Å². The summed E-state index contributed by atoms with van der Waals surface area (Å²) >= 11 is 0. The van der Waals surface area contributed by atoms with Crippen LogP contribution in [0.4, 0.5) is 0 Å². The minimum Gasteiger partial charge on any atom is -0.396 e. The lowest BCUT2D eigenvalue weighted by atomic mass is 10.2. The number of rotatable bonds is 8. The Bertz CT molecular complexity index is 95.8. The molecule has 1 atom stereocenters. The van der Waals surface area contributed by atoms with E-state index < -0.39 is 6.10 Å². The molecule has 0 spiro atoms. The van der Waals surface area contributed by atoms with E-state index in [-0.39, 0.29) is 19.8 Å². The first kappa shape index (κ1) is 17.2. The predicted molar refractivity (Wildman–Crippen MR) is 57.6 cm³/mol. The largest absolute Gasteiger partial charge is 0.396 e. The number of aliphatic hydroxyl groups is 4. The van der Waals surface area contributed by atoms with Crippen LogP contribution in [0.15, 0.2) is 0 Å². The maximum Gasteiger partial charge on any atom is 0.0771 e. The van der Waals surface area contributed by atoms with E-state index in [1.807, 2.05) is 6.92 Å². The summed E-state index contributed by atoms with van der Waals surface area (Å²) in [6.45, 7) is 3.18. The van der Waals surface area contributed by atoms with Gasteiger partial charge in [-0.25, -0.2) is 0 Å². The molecule has 0 saturated heterocycles. The van der Waals surface area contributed by atoms with E-state index >= 15 is 0 Å². The van der Waals surface area contributed by atoms with Crippen LogP contribution in [0.2, 0.25) is 0 Å². The van der Waals surface area contributed by atoms with Crippen molar-refractivity contribution >= 4 is 0 Å². The topological polar surface area (TPSA) is 90.2 Å². The number of hydrogen-bond donors (Lipinski definition) is 4. The quantitative estimate of drug-likeness (QED) is 0.418. The third-order valence-electron chi connectivity index (χ3n) is 1.60. The van der Waals surface area contributed by atoms with Gasteiger partial charge in [0, 0.05) is 13.2 Å². The van der Waals surface area contributed by atoms with Gasteiger partial charge in [-0.2, -0.15) is 0 Å². The molecule has 0 aromatic carbocycles. The molecular weight excluding hydrogens is 200 g/mol. The highest BCUT2D eigenvalue weighted by molar-refractivity contribution is 4.51. The van der Waals surface area contributed by atoms with Crippen molar-refractivity contribution in [2.45, 2.75) is 32.3 Å². The van der Waals surface area contributed by atoms with Gasteiger partial charge >= 0.3 is 0 Å². The fourth-order valence-electron chi connectivity index (χ4n) is 0.792. The van der Waals surface area contributed by atoms with Crippen LogP contribution in [-0.4, -0.2) is 59.6 Å². The van der Waals surface area contributed by atoms with Crippen LogP contribution in [0.25, 0.3) is 0 Å². The van der Waals surface area contributed by atoms with E-state index in [4.69, 9.17) is 25.2 Å². The van der Waals surface area contributed by atoms with E-state index in [1.165, 1.54) is 0 Å². The Morgan fingerprint density at radius 2 is 1.73 bits per heavy atom. The van der Waals surface area contributed by atoms with Gasteiger partial charge in [-0.05, 0) is 26.2 Å². The number of ether oxygens (including phenoxy) is 1. The molecule has 0 aliphatic heterocycles. The molecule has 1 unspecified atom stereocenters. The van der Waals surface area contributed by atoms with Crippen molar-refractivity contribution < 1.29 is 25.2 Å². The van der Waals surface area contributed by atoms with Crippen molar-refractivity contribution in [3.05, 3.63) is 0 Å². The van der Waals surface area contributed by atoms with Crippen molar-refractivity contribution in [1.29, 1.82) is 0 Å². The van der Waals surface area contributed by atoms with Crippen molar-refractivity contribution in [3.8, 4) is 0 Å². The number of hydrogen-bond acceptors (Lipinski definition) is 5. The molecule has 0 aliphatic rings. The van der Waals surface area contributed by atoms with E-state index in [9.17, 15) is 0 Å². The van der Waals surface area contributed by atoms with Crippen LogP contribution < -0.4 is 0 Å². The number of unbranched alkanes of at least 4 members (excludes halogenated alkanes) is 1. The van der Waals surface area contributed by atoms with Gasteiger partial charge in [0.2, 0.25) is 0 Å². The van der Waals surface area contributed by atoms with Crippen LogP contribution in [-0.2, 0) is 4.74 Å². The lowest BCUT2D eigenvalue weighted by molar-refractivity contribution is 0.0848. The molecule has 0 bridgehead atoms. The third kappa shape index (κ3) is 20.0. The summed E-state index contributed by atoms with van der Waals surface area (Å²) in [6, 6.07) is 0. The van der Waals surface area contributed by atoms with E-state index in [0.29, 0.717) is 26.1 Å². The molecular formula is C10H24O5. The summed E-state index contributed by atoms with van der Waals surface area (Å²) in [5.74, 6) is 0. The molecule has 0 saturated carbocycles. The van der Waals surface area contributed by atoms with Gasteiger partial charge in [0.15, 0.2) is 0 Å². The van der Waals surface area contributed by atoms with E-state index in [0.717, 1.165) is 6.42 Å². The van der Waals surface area contributed by atoms with Gasteiger partial charge in [0.25, 0.3) is 0 Å². The maximum absolute atomic E-state index is 8.75. The first-order chi connectivity index (χ1) is 7.22. The lowest BCUT2D eigenvalue weighted by Crippen LogP contribution is -2.11. The Hall–Kier alpha value is -0.200. The molecule has 0 amide bonds. The fourth-order valence-corrected chi connectivity index (χ4v) is 0.792. The van der Waals surface area contributed by atoms with Crippen LogP contribution in [0.3, 0.4) is 0 Å². The van der Waals surface area contributed by atoms with Crippen molar-refractivity contribution in [1.82, 2.24) is 0 Å². The average molecular weight is 224 g/mol. The summed E-state index contributed by atoms with van der Waals surface area (Å²) in [6.07, 6.45) is 1.46. The summed E-state index contributed by atoms with van der Waals surface area (Å²) in [4.78, 5) is 0. The summed E-state index contributed by atoms with van der Waals surface area (Å²) in [5, 5.41) is 33.5. The minimum absolute atomic E-state index is 0.133. The highest BCUT2D eigenvalue weighted by Gasteiger charge is 1.99. The smallest absolute Gasteiger partial charge is 0.0771 e. The first-order valence-electron chi connectivity index (χ1n) is 5.31. The SMILES string of the molecule is CCOCCO.OCCCCC(O)CO. The first-order valence-corrected chi connectivity index (χ1v) is 5.31. The molecule has 4 N–H and O–H groups in total. The van der Waals surface area contributed by atoms with Crippen molar-refractivity contribution in [2.24, 2.45) is 0 Å². The molecule has 0 fully saturated rings. The molecule has 0 rings (SSSR count). The Kier molecular flexibility index (Phi) is 18.6. The highest BCUT2D eigenvalue weighted by atomic mass is 16.5. The summed E-state index contributed by atoms with van der Waals surface area (Å²) in [5.41, 5.74) is 0. The minimum atomic E-state index is -0.600. The second-order valence-electron chi connectivity index (χ2n) is 2.98. The summed E-state index contributed by atoms with van der Waals surface area (Å²) < 4.78 is 4.73. The molecule has 0 aromatic rings. The lowest BCUT2D eigenvalue weighted by Gasteiger charge is -2.03. The summed E-state index contributed by atoms with van der Waals surface area (Å²) in [7, 11) is 0. The molecule has 5 heteroatoms. The van der Waals surface area contributed by atoms with Gasteiger partial charge in [-0.3, -0.25) is 0 Å². The molecule has 0 aliphatic carbocycles. The molecule has 0 heterocycles. The monoisotopic (exact) mass is 224 g/mol. The van der Waals surface area contributed by atoms with Gasteiger partial charge in [-0.15, -0.1) is 0 Å². The molecule has 5 nitrogen and oxygen atoms in total. The number of aliphatic hydroxyl groups excluding tert-OH is 4. The van der Waals surface area contributed by atoms with Crippen LogP contribution >= 0.6 is 0 Å². The van der Waals surface area contributed by atoms with Gasteiger partial charge in [0.05, 0.1) is 25.9 Å². The molecule has 94 valence electrons. The second kappa shape index (κ2) is 16.2. The second-order valence-corrected chi connectivity index (χ2v) is 2.98. The van der Waals surface area contributed by atoms with Crippen LogP contribution in [0.5, 0.6) is 0 Å². The van der Waals surface area contributed by atoms with Crippen LogP contribution in [0.1, 0.15) is 26.2 Å². The zero-order chi connectivity index (χ0) is 11.9. The van der Waals surface area contributed by atoms with Crippen LogP contribution in [0, 0.1) is 0 Å². The van der Waals surface area contributed by atoms with Gasteiger partial charge in [0.1, 0.15) is 0 Å². The van der Waals surface area contributed by atoms with Crippen molar-refractivity contribution in [3.63, 3.8) is 0 Å². The third-order valence-corrected chi connectivity index (χ3v) is 1.60.